The lowest BCUT2D eigenvalue weighted by Gasteiger charge is -2.11. The van der Waals surface area contributed by atoms with Crippen molar-refractivity contribution in [3.8, 4) is 12.1 Å². The number of rotatable bonds is 2. The maximum atomic E-state index is 10.7. The Kier molecular flexibility index (Phi) is 2.58. The lowest BCUT2D eigenvalue weighted by Crippen LogP contribution is -2.22. The molecule has 10 heavy (non-hydrogen) atoms. The Morgan fingerprint density at radius 1 is 1.60 bits per heavy atom. The first-order valence-electron chi connectivity index (χ1n) is 2.86. The van der Waals surface area contributed by atoms with Crippen LogP contribution < -0.4 is 0 Å². The van der Waals surface area contributed by atoms with E-state index in [-0.39, 0.29) is 12.2 Å². The van der Waals surface area contributed by atoms with Crippen molar-refractivity contribution in [2.45, 2.75) is 20.3 Å². The molecule has 1 atom stereocenters. The zero-order chi connectivity index (χ0) is 8.20. The smallest absolute Gasteiger partial charge is 0.150 e. The van der Waals surface area contributed by atoms with E-state index < -0.39 is 5.41 Å². The minimum absolute atomic E-state index is 0.0289. The molecule has 52 valence electrons. The van der Waals surface area contributed by atoms with Crippen LogP contribution in [0.4, 0.5) is 0 Å². The van der Waals surface area contributed by atoms with Crippen molar-refractivity contribution in [2.75, 3.05) is 0 Å². The summed E-state index contributed by atoms with van der Waals surface area (Å²) in [5, 5.41) is 16.7. The van der Waals surface area contributed by atoms with Gasteiger partial charge >= 0.3 is 0 Å². The fourth-order valence-corrected chi connectivity index (χ4v) is 0.401. The molecule has 0 aliphatic rings. The van der Waals surface area contributed by atoms with Crippen LogP contribution in [-0.2, 0) is 4.79 Å². The molecule has 0 radical (unpaired) electrons. The summed E-state index contributed by atoms with van der Waals surface area (Å²) in [6.45, 7) is 2.79. The van der Waals surface area contributed by atoms with Gasteiger partial charge in [0, 0.05) is 0 Å². The van der Waals surface area contributed by atoms with E-state index in [0.29, 0.717) is 0 Å². The topological polar surface area (TPSA) is 64.7 Å². The van der Waals surface area contributed by atoms with Crippen molar-refractivity contribution in [2.24, 2.45) is 5.41 Å². The summed E-state index contributed by atoms with van der Waals surface area (Å²) in [5.41, 5.74) is -1.10. The van der Waals surface area contributed by atoms with E-state index in [0.717, 1.165) is 0 Å². The van der Waals surface area contributed by atoms with E-state index in [1.54, 1.807) is 12.1 Å². The van der Waals surface area contributed by atoms with Gasteiger partial charge in [0.25, 0.3) is 0 Å². The lowest BCUT2D eigenvalue weighted by atomic mass is 9.85. The number of carbonyl (C=O) groups excluding carboxylic acids is 1. The van der Waals surface area contributed by atoms with Crippen LogP contribution in [0.25, 0.3) is 0 Å². The van der Waals surface area contributed by atoms with Crippen molar-refractivity contribution in [1.82, 2.24) is 0 Å². The van der Waals surface area contributed by atoms with Crippen LogP contribution >= 0.6 is 0 Å². The second kappa shape index (κ2) is 2.98. The van der Waals surface area contributed by atoms with Crippen LogP contribution in [0.1, 0.15) is 20.3 Å². The summed E-state index contributed by atoms with van der Waals surface area (Å²) in [5.74, 6) is -0.253. The summed E-state index contributed by atoms with van der Waals surface area (Å²) in [4.78, 5) is 10.7. The molecule has 0 aromatic rings. The van der Waals surface area contributed by atoms with E-state index in [1.807, 2.05) is 0 Å². The highest BCUT2D eigenvalue weighted by Gasteiger charge is 2.28. The molecule has 0 saturated carbocycles. The zero-order valence-electron chi connectivity index (χ0n) is 6.01. The predicted molar refractivity (Wildman–Crippen MR) is 34.6 cm³/mol. The zero-order valence-corrected chi connectivity index (χ0v) is 6.01. The third-order valence-corrected chi connectivity index (χ3v) is 1.46. The van der Waals surface area contributed by atoms with Gasteiger partial charge in [0.05, 0.1) is 18.6 Å². The molecular formula is C7H8N2O. The SMILES string of the molecule is CC(=O)[C@@](C)(C#N)CC#N. The highest BCUT2D eigenvalue weighted by molar-refractivity contribution is 5.84. The van der Waals surface area contributed by atoms with Gasteiger partial charge in [0.15, 0.2) is 5.78 Å². The van der Waals surface area contributed by atoms with Crippen LogP contribution in [0, 0.1) is 28.1 Å². The summed E-state index contributed by atoms with van der Waals surface area (Å²) in [6, 6.07) is 3.60. The third-order valence-electron chi connectivity index (χ3n) is 1.46. The van der Waals surface area contributed by atoms with E-state index in [1.165, 1.54) is 13.8 Å². The van der Waals surface area contributed by atoms with Crippen molar-refractivity contribution in [3.05, 3.63) is 0 Å². The molecule has 3 heteroatoms. The molecule has 3 nitrogen and oxygen atoms in total. The van der Waals surface area contributed by atoms with Crippen LogP contribution in [0.3, 0.4) is 0 Å². The molecule has 0 aliphatic carbocycles. The number of hydrogen-bond donors (Lipinski definition) is 0. The van der Waals surface area contributed by atoms with Gasteiger partial charge in [-0.15, -0.1) is 0 Å². The summed E-state index contributed by atoms with van der Waals surface area (Å²) >= 11 is 0. The first-order valence-corrected chi connectivity index (χ1v) is 2.86. The number of hydrogen-bond acceptors (Lipinski definition) is 3. The Balaban J connectivity index is 4.47. The number of nitriles is 2. The van der Waals surface area contributed by atoms with Gasteiger partial charge in [0.1, 0.15) is 5.41 Å². The normalized spacial score (nSPS) is 14.4. The Labute approximate surface area is 59.9 Å². The highest BCUT2D eigenvalue weighted by Crippen LogP contribution is 2.19. The third kappa shape index (κ3) is 1.56. The predicted octanol–water partition coefficient (Wildman–Crippen LogP) is 1.02. The highest BCUT2D eigenvalue weighted by atomic mass is 16.1. The maximum Gasteiger partial charge on any atom is 0.150 e. The fourth-order valence-electron chi connectivity index (χ4n) is 0.401. The summed E-state index contributed by atoms with van der Waals surface area (Å²) in [7, 11) is 0. The Bertz CT molecular complexity index is 221. The van der Waals surface area contributed by atoms with E-state index in [2.05, 4.69) is 0 Å². The monoisotopic (exact) mass is 136 g/mol. The molecule has 0 aliphatic heterocycles. The van der Waals surface area contributed by atoms with Gasteiger partial charge in [-0.25, -0.2) is 0 Å². The Morgan fingerprint density at radius 3 is 2.20 bits per heavy atom. The molecule has 0 aromatic heterocycles. The number of Topliss-reactive ketones (excluding diaryl/α,β-unsaturated/α-hetero) is 1. The van der Waals surface area contributed by atoms with E-state index >= 15 is 0 Å². The van der Waals surface area contributed by atoms with Crippen molar-refractivity contribution in [3.63, 3.8) is 0 Å². The fraction of sp³-hybridized carbons (Fsp3) is 0.571. The number of ketones is 1. The molecule has 0 aromatic carbocycles. The van der Waals surface area contributed by atoms with Crippen LogP contribution in [0.15, 0.2) is 0 Å². The Hall–Kier alpha value is -1.35. The van der Waals surface area contributed by atoms with Crippen LogP contribution in [-0.4, -0.2) is 5.78 Å². The number of nitrogens with zero attached hydrogens (tertiary/aromatic N) is 2. The first-order chi connectivity index (χ1) is 4.56. The average Bonchev–Trinajstić information content (AvgIpc) is 1.88. The molecule has 0 bridgehead atoms. The molecule has 0 heterocycles. The van der Waals surface area contributed by atoms with E-state index in [4.69, 9.17) is 10.5 Å². The molecule has 0 spiro atoms. The first kappa shape index (κ1) is 8.65. The van der Waals surface area contributed by atoms with Gasteiger partial charge in [-0.05, 0) is 13.8 Å². The van der Waals surface area contributed by atoms with Gasteiger partial charge in [-0.2, -0.15) is 10.5 Å². The van der Waals surface area contributed by atoms with Crippen molar-refractivity contribution >= 4 is 5.78 Å². The molecular weight excluding hydrogens is 128 g/mol. The quantitative estimate of drug-likeness (QED) is 0.569. The minimum Gasteiger partial charge on any atom is -0.298 e. The van der Waals surface area contributed by atoms with Crippen LogP contribution in [0.2, 0.25) is 0 Å². The summed E-state index contributed by atoms with van der Waals surface area (Å²) in [6.07, 6.45) is -0.0289. The molecule has 0 saturated heterocycles. The van der Waals surface area contributed by atoms with Gasteiger partial charge in [0.2, 0.25) is 0 Å². The molecule has 0 rings (SSSR count). The molecule has 0 unspecified atom stereocenters. The second-order valence-corrected chi connectivity index (χ2v) is 2.33. The van der Waals surface area contributed by atoms with E-state index in [9.17, 15) is 4.79 Å². The minimum atomic E-state index is -1.10. The number of carbonyl (C=O) groups is 1. The second-order valence-electron chi connectivity index (χ2n) is 2.33. The maximum absolute atomic E-state index is 10.7. The average molecular weight is 136 g/mol. The van der Waals surface area contributed by atoms with Crippen LogP contribution in [0.5, 0.6) is 0 Å². The standard InChI is InChI=1S/C7H8N2O/c1-6(10)7(2,5-9)3-4-8/h3H2,1-2H3/t7-/m1/s1. The lowest BCUT2D eigenvalue weighted by molar-refractivity contribution is -0.122. The van der Waals surface area contributed by atoms with Gasteiger partial charge in [-0.3, -0.25) is 4.79 Å². The largest absolute Gasteiger partial charge is 0.298 e. The van der Waals surface area contributed by atoms with Gasteiger partial charge in [-0.1, -0.05) is 0 Å². The molecule has 0 N–H and O–H groups in total. The molecule has 0 fully saturated rings. The van der Waals surface area contributed by atoms with Gasteiger partial charge < -0.3 is 0 Å². The Morgan fingerprint density at radius 2 is 2.10 bits per heavy atom. The van der Waals surface area contributed by atoms with Crippen molar-refractivity contribution in [1.29, 1.82) is 10.5 Å². The van der Waals surface area contributed by atoms with Crippen molar-refractivity contribution < 1.29 is 4.79 Å². The summed E-state index contributed by atoms with van der Waals surface area (Å²) < 4.78 is 0. The molecule has 0 amide bonds.